The molecule has 0 spiro atoms. The van der Waals surface area contributed by atoms with E-state index in [9.17, 15) is 9.59 Å². The molecule has 0 aliphatic heterocycles. The molecule has 0 fully saturated rings. The van der Waals surface area contributed by atoms with E-state index < -0.39 is 0 Å². The van der Waals surface area contributed by atoms with Crippen LogP contribution in [0.15, 0.2) is 71.9 Å². The lowest BCUT2D eigenvalue weighted by molar-refractivity contribution is -0.113. The summed E-state index contributed by atoms with van der Waals surface area (Å²) in [7, 11) is 4.63. The van der Waals surface area contributed by atoms with Gasteiger partial charge in [-0.05, 0) is 48.5 Å². The minimum Gasteiger partial charge on any atom is -0.497 e. The lowest BCUT2D eigenvalue weighted by atomic mass is 10.2. The highest BCUT2D eigenvalue weighted by molar-refractivity contribution is 7.99. The highest BCUT2D eigenvalue weighted by Gasteiger charge is 2.19. The average molecular weight is 568 g/mol. The summed E-state index contributed by atoms with van der Waals surface area (Å²) >= 11 is 7.67. The van der Waals surface area contributed by atoms with E-state index in [1.165, 1.54) is 18.9 Å². The van der Waals surface area contributed by atoms with Crippen LogP contribution in [0.4, 0.5) is 5.69 Å². The van der Waals surface area contributed by atoms with Crippen LogP contribution in [0.5, 0.6) is 17.2 Å². The minimum atomic E-state index is -0.284. The van der Waals surface area contributed by atoms with Gasteiger partial charge in [-0.15, -0.1) is 10.2 Å². The number of hydrogen-bond acceptors (Lipinski definition) is 8. The van der Waals surface area contributed by atoms with Gasteiger partial charge in [-0.2, -0.15) is 0 Å². The Bertz CT molecular complexity index is 1460. The molecule has 0 unspecified atom stereocenters. The predicted octanol–water partition coefficient (Wildman–Crippen LogP) is 4.61. The van der Waals surface area contributed by atoms with Gasteiger partial charge in [-0.1, -0.05) is 35.5 Å². The molecule has 39 heavy (non-hydrogen) atoms. The number of ether oxygens (including phenoxy) is 3. The molecular formula is C27H26ClN5O5S. The van der Waals surface area contributed by atoms with Crippen molar-refractivity contribution in [2.75, 3.05) is 32.4 Å². The van der Waals surface area contributed by atoms with Gasteiger partial charge in [0.2, 0.25) is 5.91 Å². The smallest absolute Gasteiger partial charge is 0.251 e. The second kappa shape index (κ2) is 13.0. The summed E-state index contributed by atoms with van der Waals surface area (Å²) in [4.78, 5) is 25.5. The van der Waals surface area contributed by atoms with Crippen LogP contribution in [0.2, 0.25) is 5.02 Å². The molecule has 0 saturated carbocycles. The maximum absolute atomic E-state index is 12.8. The molecule has 0 radical (unpaired) electrons. The van der Waals surface area contributed by atoms with Crippen molar-refractivity contribution < 1.29 is 23.8 Å². The highest BCUT2D eigenvalue weighted by atomic mass is 35.5. The molecule has 2 amide bonds. The molecular weight excluding hydrogens is 542 g/mol. The number of nitrogens with one attached hydrogen (secondary N) is 2. The van der Waals surface area contributed by atoms with Gasteiger partial charge in [-0.3, -0.25) is 14.2 Å². The van der Waals surface area contributed by atoms with E-state index in [1.54, 1.807) is 67.3 Å². The van der Waals surface area contributed by atoms with Gasteiger partial charge >= 0.3 is 0 Å². The summed E-state index contributed by atoms with van der Waals surface area (Å²) in [5.41, 5.74) is 1.61. The zero-order valence-corrected chi connectivity index (χ0v) is 23.0. The van der Waals surface area contributed by atoms with Gasteiger partial charge in [0.05, 0.1) is 50.0 Å². The number of para-hydroxylation sites is 1. The second-order valence-electron chi connectivity index (χ2n) is 8.00. The molecule has 1 heterocycles. The van der Waals surface area contributed by atoms with Crippen LogP contribution in [0.3, 0.4) is 0 Å². The van der Waals surface area contributed by atoms with Crippen LogP contribution >= 0.6 is 23.4 Å². The van der Waals surface area contributed by atoms with Crippen molar-refractivity contribution >= 4 is 40.9 Å². The van der Waals surface area contributed by atoms with Crippen molar-refractivity contribution in [3.8, 4) is 22.9 Å². The molecule has 202 valence electrons. The Balaban J connectivity index is 1.50. The Kier molecular flexibility index (Phi) is 9.29. The SMILES string of the molecule is COc1ccc(C(=O)NCc2nnc(SCC(=O)Nc3ccc(OC)cc3OC)n2-c2ccccc2Cl)cc1. The van der Waals surface area contributed by atoms with Crippen molar-refractivity contribution in [1.29, 1.82) is 0 Å². The molecule has 0 atom stereocenters. The maximum atomic E-state index is 12.8. The molecule has 0 aliphatic carbocycles. The van der Waals surface area contributed by atoms with E-state index in [1.807, 2.05) is 18.2 Å². The van der Waals surface area contributed by atoms with E-state index >= 15 is 0 Å². The third-order valence-corrected chi connectivity index (χ3v) is 6.82. The van der Waals surface area contributed by atoms with E-state index in [2.05, 4.69) is 20.8 Å². The first-order chi connectivity index (χ1) is 18.9. The summed E-state index contributed by atoms with van der Waals surface area (Å²) in [5.74, 6) is 1.67. The van der Waals surface area contributed by atoms with Crippen LogP contribution in [0.1, 0.15) is 16.2 Å². The van der Waals surface area contributed by atoms with Crippen molar-refractivity contribution in [2.45, 2.75) is 11.7 Å². The standard InChI is InChI=1S/C27H26ClN5O5S/c1-36-18-10-8-17(9-11-18)26(35)29-15-24-31-32-27(33(24)22-7-5-4-6-20(22)28)39-16-25(34)30-21-13-12-19(37-2)14-23(21)38-3/h4-14H,15-16H2,1-3H3,(H,29,35)(H,30,34). The van der Waals surface area contributed by atoms with Gasteiger partial charge < -0.3 is 24.8 Å². The Morgan fingerprint density at radius 1 is 0.923 bits per heavy atom. The summed E-state index contributed by atoms with van der Waals surface area (Å²) in [6, 6.07) is 19.1. The van der Waals surface area contributed by atoms with Crippen molar-refractivity contribution in [2.24, 2.45) is 0 Å². The van der Waals surface area contributed by atoms with Gasteiger partial charge in [0.15, 0.2) is 11.0 Å². The molecule has 0 bridgehead atoms. The predicted molar refractivity (Wildman–Crippen MR) is 149 cm³/mol. The Labute approximate surface area is 234 Å². The van der Waals surface area contributed by atoms with Crippen molar-refractivity contribution in [1.82, 2.24) is 20.1 Å². The number of aromatic nitrogens is 3. The van der Waals surface area contributed by atoms with E-state index in [4.69, 9.17) is 25.8 Å². The summed E-state index contributed by atoms with van der Waals surface area (Å²) in [5, 5.41) is 15.1. The van der Waals surface area contributed by atoms with E-state index in [0.717, 1.165) is 0 Å². The molecule has 1 aromatic heterocycles. The largest absolute Gasteiger partial charge is 0.497 e. The monoisotopic (exact) mass is 567 g/mol. The van der Waals surface area contributed by atoms with E-state index in [0.29, 0.717) is 50.2 Å². The molecule has 0 aliphatic rings. The zero-order chi connectivity index (χ0) is 27.8. The average Bonchev–Trinajstić information content (AvgIpc) is 3.37. The van der Waals surface area contributed by atoms with Crippen LogP contribution in [-0.4, -0.2) is 53.7 Å². The number of nitrogens with zero attached hydrogens (tertiary/aromatic N) is 3. The summed E-state index contributed by atoms with van der Waals surface area (Å²) < 4.78 is 17.4. The number of methoxy groups -OCH3 is 3. The van der Waals surface area contributed by atoms with Crippen molar-refractivity contribution in [3.63, 3.8) is 0 Å². The minimum absolute atomic E-state index is 0.0377. The molecule has 3 aromatic carbocycles. The Morgan fingerprint density at radius 3 is 2.33 bits per heavy atom. The van der Waals surface area contributed by atoms with Gasteiger partial charge in [-0.25, -0.2) is 0 Å². The van der Waals surface area contributed by atoms with Crippen LogP contribution in [0, 0.1) is 0 Å². The number of thioether (sulfide) groups is 1. The summed E-state index contributed by atoms with van der Waals surface area (Å²) in [6.45, 7) is 0.0822. The number of anilines is 1. The molecule has 0 saturated heterocycles. The first kappa shape index (κ1) is 27.8. The number of hydrogen-bond donors (Lipinski definition) is 2. The Hall–Kier alpha value is -4.22. The van der Waals surface area contributed by atoms with Gasteiger partial charge in [0, 0.05) is 11.6 Å². The molecule has 12 heteroatoms. The number of rotatable bonds is 11. The second-order valence-corrected chi connectivity index (χ2v) is 9.35. The Morgan fingerprint density at radius 2 is 1.64 bits per heavy atom. The molecule has 4 aromatic rings. The first-order valence-electron chi connectivity index (χ1n) is 11.7. The fourth-order valence-electron chi connectivity index (χ4n) is 3.61. The molecule has 4 rings (SSSR count). The number of halogens is 1. The fourth-order valence-corrected chi connectivity index (χ4v) is 4.59. The van der Waals surface area contributed by atoms with Crippen LogP contribution in [-0.2, 0) is 11.3 Å². The van der Waals surface area contributed by atoms with Crippen LogP contribution in [0.25, 0.3) is 5.69 Å². The lowest BCUT2D eigenvalue weighted by Gasteiger charge is -2.13. The third-order valence-electron chi connectivity index (χ3n) is 5.57. The summed E-state index contributed by atoms with van der Waals surface area (Å²) in [6.07, 6.45) is 0. The number of benzene rings is 3. The maximum Gasteiger partial charge on any atom is 0.251 e. The van der Waals surface area contributed by atoms with Crippen molar-refractivity contribution in [3.05, 3.63) is 83.1 Å². The van der Waals surface area contributed by atoms with Gasteiger partial charge in [0.1, 0.15) is 17.2 Å². The van der Waals surface area contributed by atoms with Gasteiger partial charge in [0.25, 0.3) is 5.91 Å². The first-order valence-corrected chi connectivity index (χ1v) is 13.1. The fraction of sp³-hybridized carbons (Fsp3) is 0.185. The molecule has 10 nitrogen and oxygen atoms in total. The highest BCUT2D eigenvalue weighted by Crippen LogP contribution is 2.30. The zero-order valence-electron chi connectivity index (χ0n) is 21.4. The lowest BCUT2D eigenvalue weighted by Crippen LogP contribution is -2.24. The number of carbonyl (C=O) groups excluding carboxylic acids is 2. The topological polar surface area (TPSA) is 117 Å². The number of amides is 2. The third kappa shape index (κ3) is 6.81. The number of carbonyl (C=O) groups is 2. The normalized spacial score (nSPS) is 10.6. The van der Waals surface area contributed by atoms with E-state index in [-0.39, 0.29) is 24.1 Å². The quantitative estimate of drug-likeness (QED) is 0.252. The molecule has 2 N–H and O–H groups in total. The van der Waals surface area contributed by atoms with Crippen LogP contribution < -0.4 is 24.8 Å².